The third-order valence-corrected chi connectivity index (χ3v) is 8.46. The van der Waals surface area contributed by atoms with Gasteiger partial charge >= 0.3 is 0 Å². The normalized spacial score (nSPS) is 18.6. The summed E-state index contributed by atoms with van der Waals surface area (Å²) in [5.41, 5.74) is 0.905. The quantitative estimate of drug-likeness (QED) is 0.345. The molecule has 0 bridgehead atoms. The number of amides is 1. The van der Waals surface area contributed by atoms with Crippen LogP contribution in [0.4, 0.5) is 10.1 Å². The number of rotatable bonds is 5. The van der Waals surface area contributed by atoms with Crippen LogP contribution in [0.15, 0.2) is 53.5 Å². The Morgan fingerprint density at radius 2 is 1.93 bits per heavy atom. The number of benzene rings is 3. The standard InChI is InChI=1S/C31H31FN4O4/c1-2-34-11-5-7-20(34)17-33-26-24(32)16-22-28-30(26)40-25-10-9-19-6-3-4-8-21(19)27(25)36(28)18-23(29(22)37)31(38)35-12-14-39-15-13-35/h3-4,6,8-10,16,18,20,33H,2,5,7,11-15,17H2,1H3/t20-/m1/s1. The number of carbonyl (C=O) groups excluding carboxylic acids is 1. The van der Waals surface area contributed by atoms with E-state index in [9.17, 15) is 9.59 Å². The Morgan fingerprint density at radius 1 is 1.10 bits per heavy atom. The molecule has 1 atom stereocenters. The van der Waals surface area contributed by atoms with Gasteiger partial charge in [0.2, 0.25) is 5.43 Å². The number of morpholine rings is 1. The zero-order valence-electron chi connectivity index (χ0n) is 22.4. The highest BCUT2D eigenvalue weighted by Crippen LogP contribution is 2.47. The first-order valence-electron chi connectivity index (χ1n) is 14.0. The number of likely N-dealkylation sites (N-methyl/N-ethyl adjacent to an activating group) is 1. The second-order valence-corrected chi connectivity index (χ2v) is 10.6. The molecule has 0 aliphatic carbocycles. The Bertz CT molecular complexity index is 1710. The molecular weight excluding hydrogens is 511 g/mol. The summed E-state index contributed by atoms with van der Waals surface area (Å²) < 4.78 is 29.5. The van der Waals surface area contributed by atoms with Crippen molar-refractivity contribution < 1.29 is 18.7 Å². The van der Waals surface area contributed by atoms with Crippen molar-refractivity contribution in [1.82, 2.24) is 14.4 Å². The van der Waals surface area contributed by atoms with Gasteiger partial charge in [-0.1, -0.05) is 37.3 Å². The second kappa shape index (κ2) is 9.91. The molecule has 206 valence electrons. The molecule has 3 aliphatic rings. The van der Waals surface area contributed by atoms with Gasteiger partial charge in [0.25, 0.3) is 5.91 Å². The van der Waals surface area contributed by atoms with Crippen LogP contribution < -0.4 is 15.5 Å². The molecule has 0 spiro atoms. The third kappa shape index (κ3) is 3.95. The van der Waals surface area contributed by atoms with Crippen LogP contribution in [0.2, 0.25) is 0 Å². The Hall–Kier alpha value is -3.95. The molecule has 0 saturated carbocycles. The van der Waals surface area contributed by atoms with Crippen molar-refractivity contribution in [1.29, 1.82) is 0 Å². The predicted molar refractivity (Wildman–Crippen MR) is 153 cm³/mol. The molecule has 2 saturated heterocycles. The molecule has 9 heteroatoms. The fraction of sp³-hybridized carbons (Fsp3) is 0.355. The largest absolute Gasteiger partial charge is 0.451 e. The van der Waals surface area contributed by atoms with Crippen LogP contribution in [0.5, 0.6) is 11.5 Å². The minimum atomic E-state index is -0.576. The van der Waals surface area contributed by atoms with Crippen LogP contribution >= 0.6 is 0 Å². The van der Waals surface area contributed by atoms with Crippen molar-refractivity contribution >= 4 is 33.3 Å². The van der Waals surface area contributed by atoms with E-state index in [-0.39, 0.29) is 28.3 Å². The summed E-state index contributed by atoms with van der Waals surface area (Å²) in [7, 11) is 0. The van der Waals surface area contributed by atoms with E-state index < -0.39 is 11.2 Å². The maximum Gasteiger partial charge on any atom is 0.259 e. The monoisotopic (exact) mass is 542 g/mol. The molecule has 4 aromatic rings. The number of hydrogen-bond donors (Lipinski definition) is 1. The molecule has 1 N–H and O–H groups in total. The molecule has 1 aromatic heterocycles. The maximum absolute atomic E-state index is 15.9. The average Bonchev–Trinajstić information content (AvgIpc) is 3.45. The Morgan fingerprint density at radius 3 is 2.75 bits per heavy atom. The minimum absolute atomic E-state index is 0.00536. The van der Waals surface area contributed by atoms with Gasteiger partial charge in [0.05, 0.1) is 24.3 Å². The lowest BCUT2D eigenvalue weighted by molar-refractivity contribution is 0.0302. The summed E-state index contributed by atoms with van der Waals surface area (Å²) in [4.78, 5) is 31.4. The van der Waals surface area contributed by atoms with Gasteiger partial charge in [0.15, 0.2) is 17.3 Å². The maximum atomic E-state index is 15.9. The molecule has 4 heterocycles. The van der Waals surface area contributed by atoms with Gasteiger partial charge in [-0.05, 0) is 43.5 Å². The van der Waals surface area contributed by atoms with Crippen LogP contribution in [-0.4, -0.2) is 72.3 Å². The molecule has 2 fully saturated rings. The van der Waals surface area contributed by atoms with Crippen LogP contribution in [-0.2, 0) is 4.74 Å². The number of fused-ring (bicyclic) bond motifs is 4. The summed E-state index contributed by atoms with van der Waals surface area (Å²) >= 11 is 0. The molecular formula is C31H31FN4O4. The Kier molecular flexibility index (Phi) is 6.20. The van der Waals surface area contributed by atoms with Crippen molar-refractivity contribution in [2.24, 2.45) is 0 Å². The van der Waals surface area contributed by atoms with Gasteiger partial charge in [-0.15, -0.1) is 0 Å². The van der Waals surface area contributed by atoms with Crippen molar-refractivity contribution in [3.8, 4) is 17.2 Å². The fourth-order valence-electron chi connectivity index (χ4n) is 6.39. The lowest BCUT2D eigenvalue weighted by Crippen LogP contribution is -2.42. The van der Waals surface area contributed by atoms with Crippen molar-refractivity contribution in [3.63, 3.8) is 0 Å². The number of hydrogen-bond acceptors (Lipinski definition) is 6. The number of pyridine rings is 1. The number of nitrogens with zero attached hydrogens (tertiary/aromatic N) is 3. The summed E-state index contributed by atoms with van der Waals surface area (Å²) in [6, 6.07) is 13.3. The highest BCUT2D eigenvalue weighted by Gasteiger charge is 2.32. The van der Waals surface area contributed by atoms with E-state index in [2.05, 4.69) is 17.1 Å². The number of anilines is 1. The molecule has 8 nitrogen and oxygen atoms in total. The Balaban J connectivity index is 1.44. The van der Waals surface area contributed by atoms with E-state index in [4.69, 9.17) is 9.47 Å². The first kappa shape index (κ1) is 25.0. The van der Waals surface area contributed by atoms with Gasteiger partial charge in [-0.25, -0.2) is 4.39 Å². The van der Waals surface area contributed by atoms with Gasteiger partial charge in [-0.3, -0.25) is 14.5 Å². The number of nitrogens with one attached hydrogen (secondary N) is 1. The van der Waals surface area contributed by atoms with Crippen molar-refractivity contribution in [3.05, 3.63) is 70.3 Å². The summed E-state index contributed by atoms with van der Waals surface area (Å²) in [6.45, 7) is 6.31. The summed E-state index contributed by atoms with van der Waals surface area (Å²) in [5, 5.41) is 5.33. The molecule has 7 rings (SSSR count). The van der Waals surface area contributed by atoms with Crippen LogP contribution in [0.25, 0.3) is 27.4 Å². The zero-order chi connectivity index (χ0) is 27.4. The minimum Gasteiger partial charge on any atom is -0.451 e. The van der Waals surface area contributed by atoms with Crippen LogP contribution in [0, 0.1) is 5.82 Å². The first-order chi connectivity index (χ1) is 19.5. The van der Waals surface area contributed by atoms with Gasteiger partial charge in [-0.2, -0.15) is 0 Å². The highest BCUT2D eigenvalue weighted by atomic mass is 19.1. The number of aromatic nitrogens is 1. The predicted octanol–water partition coefficient (Wildman–Crippen LogP) is 4.76. The van der Waals surface area contributed by atoms with Crippen molar-refractivity contribution in [2.75, 3.05) is 51.3 Å². The van der Waals surface area contributed by atoms with Crippen LogP contribution in [0.3, 0.4) is 0 Å². The lowest BCUT2D eigenvalue weighted by atomic mass is 10.0. The SMILES string of the molecule is CCN1CCC[C@@H]1CNc1c(F)cc2c(=O)c(C(=O)N3CCOCC3)cn3c2c1Oc1ccc2ccccc2c1-3. The van der Waals surface area contributed by atoms with Gasteiger partial charge in [0, 0.05) is 37.3 Å². The number of ether oxygens (including phenoxy) is 2. The number of halogens is 1. The van der Waals surface area contributed by atoms with E-state index in [1.165, 1.54) is 6.07 Å². The molecule has 0 radical (unpaired) electrons. The molecule has 3 aliphatic heterocycles. The fourth-order valence-corrected chi connectivity index (χ4v) is 6.39. The smallest absolute Gasteiger partial charge is 0.259 e. The van der Waals surface area contributed by atoms with Gasteiger partial charge in [0.1, 0.15) is 16.8 Å². The van der Waals surface area contributed by atoms with Gasteiger partial charge < -0.3 is 24.3 Å². The van der Waals surface area contributed by atoms with E-state index >= 15 is 4.39 Å². The topological polar surface area (TPSA) is 76.0 Å². The zero-order valence-corrected chi connectivity index (χ0v) is 22.4. The average molecular weight is 543 g/mol. The molecule has 3 aromatic carbocycles. The molecule has 1 amide bonds. The first-order valence-corrected chi connectivity index (χ1v) is 14.0. The van der Waals surface area contributed by atoms with E-state index in [0.29, 0.717) is 50.2 Å². The highest BCUT2D eigenvalue weighted by molar-refractivity contribution is 6.04. The lowest BCUT2D eigenvalue weighted by Gasteiger charge is -2.30. The number of likely N-dealkylation sites (tertiary alicyclic amines) is 1. The van der Waals surface area contributed by atoms with E-state index in [1.54, 1.807) is 11.1 Å². The summed E-state index contributed by atoms with van der Waals surface area (Å²) in [5.74, 6) is -0.156. The third-order valence-electron chi connectivity index (χ3n) is 8.46. The van der Waals surface area contributed by atoms with Crippen LogP contribution in [0.1, 0.15) is 30.1 Å². The number of carbonyl (C=O) groups is 1. The molecule has 0 unspecified atom stereocenters. The Labute approximate surface area is 230 Å². The van der Waals surface area contributed by atoms with E-state index in [0.717, 1.165) is 42.4 Å². The van der Waals surface area contributed by atoms with Crippen molar-refractivity contribution in [2.45, 2.75) is 25.8 Å². The molecule has 40 heavy (non-hydrogen) atoms. The second-order valence-electron chi connectivity index (χ2n) is 10.6. The summed E-state index contributed by atoms with van der Waals surface area (Å²) in [6.07, 6.45) is 3.76. The van der Waals surface area contributed by atoms with E-state index in [1.807, 2.05) is 41.0 Å².